The van der Waals surface area contributed by atoms with Crippen LogP contribution in [0.3, 0.4) is 0 Å². The van der Waals surface area contributed by atoms with Gasteiger partial charge in [-0.25, -0.2) is 9.59 Å². The average molecular weight is 451 g/mol. The Bertz CT molecular complexity index is 1140. The molecule has 1 aromatic heterocycles. The molecule has 10 heteroatoms. The number of carboxylic acids is 1. The molecule has 0 aliphatic rings. The van der Waals surface area contributed by atoms with E-state index < -0.39 is 17.3 Å². The molecule has 2 aromatic carbocycles. The van der Waals surface area contributed by atoms with E-state index in [1.165, 1.54) is 18.5 Å². The maximum absolute atomic E-state index is 12.7. The van der Waals surface area contributed by atoms with Crippen LogP contribution in [0.1, 0.15) is 30.5 Å². The van der Waals surface area contributed by atoms with Crippen LogP contribution in [-0.4, -0.2) is 36.5 Å². The van der Waals surface area contributed by atoms with Crippen LogP contribution in [0.5, 0.6) is 5.75 Å². The second-order valence-electron chi connectivity index (χ2n) is 7.43. The Kier molecular flexibility index (Phi) is 5.92. The molecule has 3 aromatic rings. The van der Waals surface area contributed by atoms with Crippen LogP contribution in [0.25, 0.3) is 5.69 Å². The highest BCUT2D eigenvalue weighted by atomic mass is 35.5. The Morgan fingerprint density at radius 3 is 2.17 bits per heavy atom. The summed E-state index contributed by atoms with van der Waals surface area (Å²) in [4.78, 5) is 24.1. The van der Waals surface area contributed by atoms with E-state index in [4.69, 9.17) is 27.9 Å². The van der Waals surface area contributed by atoms with E-state index >= 15 is 0 Å². The molecule has 0 aliphatic heterocycles. The van der Waals surface area contributed by atoms with E-state index in [9.17, 15) is 14.7 Å². The lowest BCUT2D eigenvalue weighted by atomic mass is 10.0. The second kappa shape index (κ2) is 8.12. The van der Waals surface area contributed by atoms with Crippen molar-refractivity contribution in [3.8, 4) is 11.4 Å². The number of rotatable bonds is 6. The molecule has 0 amide bonds. The first kappa shape index (κ1) is 21.9. The Labute approximate surface area is 182 Å². The Balaban J connectivity index is 1.90. The van der Waals surface area contributed by atoms with E-state index in [1.54, 1.807) is 18.2 Å². The molecule has 30 heavy (non-hydrogen) atoms. The number of carbonyl (C=O) groups is 1. The number of benzene rings is 2. The van der Waals surface area contributed by atoms with Crippen LogP contribution in [-0.2, 0) is 11.3 Å². The Morgan fingerprint density at radius 1 is 1.07 bits per heavy atom. The fourth-order valence-corrected chi connectivity index (χ4v) is 3.48. The largest absolute Gasteiger partial charge is 0.478 e. The van der Waals surface area contributed by atoms with Gasteiger partial charge in [-0.2, -0.15) is 9.36 Å². The lowest BCUT2D eigenvalue weighted by Gasteiger charge is -2.24. The molecule has 0 atom stereocenters. The maximum Gasteiger partial charge on any atom is 0.368 e. The van der Waals surface area contributed by atoms with Crippen molar-refractivity contribution < 1.29 is 14.6 Å². The van der Waals surface area contributed by atoms with Crippen molar-refractivity contribution in [1.82, 2.24) is 19.8 Å². The van der Waals surface area contributed by atoms with Crippen LogP contribution >= 0.6 is 23.2 Å². The van der Waals surface area contributed by atoms with Gasteiger partial charge in [0.15, 0.2) is 5.60 Å². The van der Waals surface area contributed by atoms with Gasteiger partial charge in [0.05, 0.1) is 12.2 Å². The minimum absolute atomic E-state index is 0.178. The molecular formula is C20H20Cl2N4O4. The zero-order valence-electron chi connectivity index (χ0n) is 16.8. The number of nitrogens with zero attached hydrogens (tertiary/aromatic N) is 4. The van der Waals surface area contributed by atoms with E-state index in [0.717, 1.165) is 21.4 Å². The fourth-order valence-electron chi connectivity index (χ4n) is 2.96. The van der Waals surface area contributed by atoms with Gasteiger partial charge in [0.2, 0.25) is 0 Å². The predicted molar refractivity (Wildman–Crippen MR) is 113 cm³/mol. The number of tetrazole rings is 1. The molecule has 0 unspecified atom stereocenters. The minimum atomic E-state index is -1.37. The van der Waals surface area contributed by atoms with E-state index in [2.05, 4.69) is 10.4 Å². The van der Waals surface area contributed by atoms with Gasteiger partial charge in [-0.1, -0.05) is 35.3 Å². The number of hydrogen-bond donors (Lipinski definition) is 1. The van der Waals surface area contributed by atoms with Crippen LogP contribution < -0.4 is 10.4 Å². The standard InChI is InChI=1S/C20H20Cl2N4O4/c1-11-5-13(6-12(2)17(11)30-20(3,4)18(27)28)10-25-19(29)26(24-23-25)16-8-14(21)7-15(22)9-16/h5-9H,10H2,1-4H3,(H,27,28). The van der Waals surface area contributed by atoms with E-state index in [1.807, 2.05) is 26.0 Å². The zero-order chi connectivity index (χ0) is 22.2. The van der Waals surface area contributed by atoms with Gasteiger partial charge < -0.3 is 9.84 Å². The normalized spacial score (nSPS) is 11.5. The van der Waals surface area contributed by atoms with Gasteiger partial charge in [-0.3, -0.25) is 0 Å². The number of halogens is 2. The molecule has 1 heterocycles. The highest BCUT2D eigenvalue weighted by Crippen LogP contribution is 2.29. The Morgan fingerprint density at radius 2 is 1.63 bits per heavy atom. The van der Waals surface area contributed by atoms with Crippen LogP contribution in [0.15, 0.2) is 35.1 Å². The van der Waals surface area contributed by atoms with E-state index in [-0.39, 0.29) is 6.54 Å². The summed E-state index contributed by atoms with van der Waals surface area (Å²) in [6.07, 6.45) is 0. The molecule has 3 rings (SSSR count). The van der Waals surface area contributed by atoms with Crippen molar-refractivity contribution in [3.05, 3.63) is 67.6 Å². The number of hydrogen-bond acceptors (Lipinski definition) is 5. The molecule has 0 aliphatic carbocycles. The van der Waals surface area contributed by atoms with Crippen molar-refractivity contribution in [2.75, 3.05) is 0 Å². The summed E-state index contributed by atoms with van der Waals surface area (Å²) in [5, 5.41) is 17.9. The molecule has 0 radical (unpaired) electrons. The van der Waals surface area contributed by atoms with Crippen LogP contribution in [0.4, 0.5) is 0 Å². The highest BCUT2D eigenvalue weighted by Gasteiger charge is 2.30. The van der Waals surface area contributed by atoms with Gasteiger partial charge >= 0.3 is 11.7 Å². The summed E-state index contributed by atoms with van der Waals surface area (Å²) in [5.41, 5.74) is 0.896. The number of aliphatic carboxylic acids is 1. The van der Waals surface area contributed by atoms with Crippen molar-refractivity contribution in [1.29, 1.82) is 0 Å². The number of carboxylic acid groups (broad SMARTS) is 1. The van der Waals surface area contributed by atoms with Crippen molar-refractivity contribution in [2.45, 2.75) is 39.8 Å². The second-order valence-corrected chi connectivity index (χ2v) is 8.31. The summed E-state index contributed by atoms with van der Waals surface area (Å²) in [6, 6.07) is 8.34. The highest BCUT2D eigenvalue weighted by molar-refractivity contribution is 6.34. The SMILES string of the molecule is Cc1cc(Cn2nnn(-c3cc(Cl)cc(Cl)c3)c2=O)cc(C)c1OC(C)(C)C(=O)O. The summed E-state index contributed by atoms with van der Waals surface area (Å²) in [5.74, 6) is -0.564. The first-order valence-electron chi connectivity index (χ1n) is 9.00. The summed E-state index contributed by atoms with van der Waals surface area (Å²) >= 11 is 12.0. The quantitative estimate of drug-likeness (QED) is 0.615. The van der Waals surface area contributed by atoms with Gasteiger partial charge in [0.1, 0.15) is 5.75 Å². The summed E-state index contributed by atoms with van der Waals surface area (Å²) < 4.78 is 8.04. The molecule has 0 saturated carbocycles. The van der Waals surface area contributed by atoms with Gasteiger partial charge in [-0.05, 0) is 73.0 Å². The molecule has 158 valence electrons. The average Bonchev–Trinajstić information content (AvgIpc) is 2.98. The van der Waals surface area contributed by atoms with Crippen LogP contribution in [0.2, 0.25) is 10.0 Å². The molecule has 0 bridgehead atoms. The van der Waals surface area contributed by atoms with Gasteiger partial charge in [0.25, 0.3) is 0 Å². The summed E-state index contributed by atoms with van der Waals surface area (Å²) in [7, 11) is 0. The maximum atomic E-state index is 12.7. The number of aromatic nitrogens is 4. The van der Waals surface area contributed by atoms with Crippen molar-refractivity contribution in [2.24, 2.45) is 0 Å². The van der Waals surface area contributed by atoms with E-state index in [0.29, 0.717) is 21.5 Å². The summed E-state index contributed by atoms with van der Waals surface area (Å²) in [6.45, 7) is 6.79. The molecular weight excluding hydrogens is 431 g/mol. The molecule has 0 fully saturated rings. The molecule has 0 saturated heterocycles. The minimum Gasteiger partial charge on any atom is -0.478 e. The third kappa shape index (κ3) is 4.49. The molecule has 0 spiro atoms. The fraction of sp³-hybridized carbons (Fsp3) is 0.300. The van der Waals surface area contributed by atoms with Crippen LogP contribution in [0, 0.1) is 13.8 Å². The lowest BCUT2D eigenvalue weighted by molar-refractivity contribution is -0.152. The third-order valence-electron chi connectivity index (χ3n) is 4.46. The molecule has 1 N–H and O–H groups in total. The topological polar surface area (TPSA) is 99.2 Å². The van der Waals surface area contributed by atoms with Gasteiger partial charge in [0, 0.05) is 10.0 Å². The van der Waals surface area contributed by atoms with Crippen molar-refractivity contribution >= 4 is 29.2 Å². The van der Waals surface area contributed by atoms with Gasteiger partial charge in [-0.15, -0.1) is 0 Å². The zero-order valence-corrected chi connectivity index (χ0v) is 18.3. The van der Waals surface area contributed by atoms with Crippen molar-refractivity contribution in [3.63, 3.8) is 0 Å². The lowest BCUT2D eigenvalue weighted by Crippen LogP contribution is -2.38. The first-order valence-corrected chi connectivity index (χ1v) is 9.75. The number of ether oxygens (including phenoxy) is 1. The first-order chi connectivity index (χ1) is 14.0. The predicted octanol–water partition coefficient (Wildman–Crippen LogP) is 3.64. The monoisotopic (exact) mass is 450 g/mol. The number of aryl methyl sites for hydroxylation is 2. The Hall–Kier alpha value is -2.84. The third-order valence-corrected chi connectivity index (χ3v) is 4.89. The smallest absolute Gasteiger partial charge is 0.368 e. The molecule has 8 nitrogen and oxygen atoms in total.